The number of alkyl carbamates (subject to hydrolysis) is 1. The number of carbonyl (C=O) groups is 1. The molecule has 0 radical (unpaired) electrons. The average Bonchev–Trinajstić information content (AvgIpc) is 1.95. The highest BCUT2D eigenvalue weighted by Crippen LogP contribution is 2.09. The van der Waals surface area contributed by atoms with Crippen LogP contribution in [0.15, 0.2) is 0 Å². The molecule has 1 amide bonds. The Morgan fingerprint density at radius 3 is 2.00 bits per heavy atom. The lowest BCUT2D eigenvalue weighted by Crippen LogP contribution is -2.50. The van der Waals surface area contributed by atoms with Crippen molar-refractivity contribution in [1.29, 1.82) is 0 Å². The number of rotatable bonds is 3. The Bertz CT molecular complexity index is 199. The van der Waals surface area contributed by atoms with Crippen LogP contribution in [0.5, 0.6) is 0 Å². The number of nitrogens with one attached hydrogen (secondary N) is 1. The summed E-state index contributed by atoms with van der Waals surface area (Å²) in [4.78, 5) is 11.5. The van der Waals surface area contributed by atoms with Gasteiger partial charge >= 0.3 is 6.09 Å². The van der Waals surface area contributed by atoms with E-state index in [1.807, 2.05) is 41.5 Å². The summed E-state index contributed by atoms with van der Waals surface area (Å²) in [6, 6.07) is -0.141. The van der Waals surface area contributed by atoms with Crippen molar-refractivity contribution < 1.29 is 9.53 Å². The van der Waals surface area contributed by atoms with Crippen LogP contribution in [-0.2, 0) is 4.74 Å². The summed E-state index contributed by atoms with van der Waals surface area (Å²) in [5, 5.41) is 2.79. The van der Waals surface area contributed by atoms with Crippen LogP contribution < -0.4 is 11.1 Å². The fourth-order valence-electron chi connectivity index (χ4n) is 1.35. The molecule has 2 atom stereocenters. The number of hydrogen-bond acceptors (Lipinski definition) is 3. The van der Waals surface area contributed by atoms with Crippen molar-refractivity contribution in [3.05, 3.63) is 0 Å². The van der Waals surface area contributed by atoms with Gasteiger partial charge in [0.25, 0.3) is 0 Å². The van der Waals surface area contributed by atoms with E-state index in [4.69, 9.17) is 10.5 Å². The molecule has 90 valence electrons. The Morgan fingerprint density at radius 2 is 1.73 bits per heavy atom. The number of hydrogen-bond donors (Lipinski definition) is 2. The SMILES string of the molecule is CC(C)[C@@H](NC(=O)OC(C)(C)C)C(C)N. The van der Waals surface area contributed by atoms with E-state index in [0.29, 0.717) is 0 Å². The third-order valence-corrected chi connectivity index (χ3v) is 1.97. The standard InChI is InChI=1S/C11H24N2O2/c1-7(2)9(8(3)12)13-10(14)15-11(4,5)6/h7-9H,12H2,1-6H3,(H,13,14)/t8?,9-/m1/s1. The Morgan fingerprint density at radius 1 is 1.27 bits per heavy atom. The van der Waals surface area contributed by atoms with Gasteiger partial charge in [-0.3, -0.25) is 0 Å². The zero-order valence-electron chi connectivity index (χ0n) is 10.6. The van der Waals surface area contributed by atoms with Crippen LogP contribution in [0.1, 0.15) is 41.5 Å². The van der Waals surface area contributed by atoms with E-state index in [9.17, 15) is 4.79 Å². The molecule has 0 fully saturated rings. The van der Waals surface area contributed by atoms with Gasteiger partial charge < -0.3 is 15.8 Å². The maximum Gasteiger partial charge on any atom is 0.407 e. The third kappa shape index (κ3) is 6.33. The summed E-state index contributed by atoms with van der Waals surface area (Å²) in [5.74, 6) is 0.289. The molecule has 0 rings (SSSR count). The number of amides is 1. The number of carbonyl (C=O) groups excluding carboxylic acids is 1. The van der Waals surface area contributed by atoms with Gasteiger partial charge in [0.2, 0.25) is 0 Å². The molecule has 0 bridgehead atoms. The number of ether oxygens (including phenoxy) is 1. The minimum atomic E-state index is -0.469. The third-order valence-electron chi connectivity index (χ3n) is 1.97. The van der Waals surface area contributed by atoms with E-state index in [0.717, 1.165) is 0 Å². The van der Waals surface area contributed by atoms with Gasteiger partial charge in [-0.2, -0.15) is 0 Å². The molecule has 4 heteroatoms. The summed E-state index contributed by atoms with van der Waals surface area (Å²) in [6.07, 6.45) is -0.404. The van der Waals surface area contributed by atoms with Gasteiger partial charge in [-0.05, 0) is 33.6 Å². The van der Waals surface area contributed by atoms with Crippen molar-refractivity contribution in [2.24, 2.45) is 11.7 Å². The van der Waals surface area contributed by atoms with Gasteiger partial charge in [0, 0.05) is 12.1 Å². The van der Waals surface area contributed by atoms with Crippen LogP contribution in [0, 0.1) is 5.92 Å². The van der Waals surface area contributed by atoms with Crippen molar-refractivity contribution in [3.8, 4) is 0 Å². The Hall–Kier alpha value is -0.770. The topological polar surface area (TPSA) is 64.3 Å². The molecule has 0 aliphatic heterocycles. The Balaban J connectivity index is 4.25. The minimum Gasteiger partial charge on any atom is -0.444 e. The normalized spacial score (nSPS) is 16.0. The van der Waals surface area contributed by atoms with Crippen LogP contribution in [0.25, 0.3) is 0 Å². The second-order valence-electron chi connectivity index (χ2n) is 5.28. The summed E-state index contributed by atoms with van der Waals surface area (Å²) >= 11 is 0. The largest absolute Gasteiger partial charge is 0.444 e. The van der Waals surface area contributed by atoms with Crippen molar-refractivity contribution in [2.75, 3.05) is 0 Å². The van der Waals surface area contributed by atoms with Gasteiger partial charge in [0.15, 0.2) is 0 Å². The van der Waals surface area contributed by atoms with Crippen LogP contribution >= 0.6 is 0 Å². The summed E-state index contributed by atoms with van der Waals surface area (Å²) < 4.78 is 5.16. The molecule has 0 aromatic heterocycles. The average molecular weight is 216 g/mol. The molecule has 0 heterocycles. The van der Waals surface area contributed by atoms with Gasteiger partial charge in [-0.1, -0.05) is 13.8 Å². The van der Waals surface area contributed by atoms with E-state index >= 15 is 0 Å². The van der Waals surface area contributed by atoms with Gasteiger partial charge in [-0.25, -0.2) is 4.79 Å². The smallest absolute Gasteiger partial charge is 0.407 e. The highest BCUT2D eigenvalue weighted by Gasteiger charge is 2.23. The Kier molecular flexibility index (Phi) is 5.08. The molecule has 0 spiro atoms. The fourth-order valence-corrected chi connectivity index (χ4v) is 1.35. The second kappa shape index (κ2) is 5.35. The monoisotopic (exact) mass is 216 g/mol. The molecule has 0 saturated carbocycles. The molecular weight excluding hydrogens is 192 g/mol. The molecule has 0 aromatic rings. The molecular formula is C11H24N2O2. The molecule has 0 aliphatic carbocycles. The molecule has 1 unspecified atom stereocenters. The summed E-state index contributed by atoms with van der Waals surface area (Å²) in [5.41, 5.74) is 5.31. The van der Waals surface area contributed by atoms with Crippen molar-refractivity contribution in [3.63, 3.8) is 0 Å². The van der Waals surface area contributed by atoms with Gasteiger partial charge in [0.1, 0.15) is 5.60 Å². The van der Waals surface area contributed by atoms with E-state index in [1.165, 1.54) is 0 Å². The van der Waals surface area contributed by atoms with Crippen LogP contribution in [-0.4, -0.2) is 23.8 Å². The molecule has 3 N–H and O–H groups in total. The number of nitrogens with two attached hydrogens (primary N) is 1. The second-order valence-corrected chi connectivity index (χ2v) is 5.28. The zero-order valence-corrected chi connectivity index (χ0v) is 10.6. The first-order chi connectivity index (χ1) is 6.63. The zero-order chi connectivity index (χ0) is 12.2. The summed E-state index contributed by atoms with van der Waals surface area (Å²) in [6.45, 7) is 11.4. The first-order valence-electron chi connectivity index (χ1n) is 5.38. The molecule has 0 aliphatic rings. The lowest BCUT2D eigenvalue weighted by molar-refractivity contribution is 0.0482. The predicted molar refractivity (Wildman–Crippen MR) is 61.6 cm³/mol. The lowest BCUT2D eigenvalue weighted by atomic mass is 9.98. The van der Waals surface area contributed by atoms with E-state index in [2.05, 4.69) is 5.32 Å². The van der Waals surface area contributed by atoms with Gasteiger partial charge in [-0.15, -0.1) is 0 Å². The van der Waals surface area contributed by atoms with Crippen molar-refractivity contribution in [1.82, 2.24) is 5.32 Å². The first kappa shape index (κ1) is 14.2. The van der Waals surface area contributed by atoms with E-state index in [-0.39, 0.29) is 18.0 Å². The summed E-state index contributed by atoms with van der Waals surface area (Å²) in [7, 11) is 0. The van der Waals surface area contributed by atoms with Crippen LogP contribution in [0.2, 0.25) is 0 Å². The molecule has 0 saturated heterocycles. The highest BCUT2D eigenvalue weighted by molar-refractivity contribution is 5.68. The maximum absolute atomic E-state index is 11.5. The van der Waals surface area contributed by atoms with E-state index in [1.54, 1.807) is 0 Å². The first-order valence-corrected chi connectivity index (χ1v) is 5.38. The van der Waals surface area contributed by atoms with Crippen LogP contribution in [0.3, 0.4) is 0 Å². The maximum atomic E-state index is 11.5. The lowest BCUT2D eigenvalue weighted by Gasteiger charge is -2.28. The fraction of sp³-hybridized carbons (Fsp3) is 0.909. The van der Waals surface area contributed by atoms with Crippen LogP contribution in [0.4, 0.5) is 4.79 Å². The predicted octanol–water partition coefficient (Wildman–Crippen LogP) is 1.88. The molecule has 0 aromatic carbocycles. The van der Waals surface area contributed by atoms with Crippen molar-refractivity contribution in [2.45, 2.75) is 59.2 Å². The Labute approximate surface area is 92.6 Å². The minimum absolute atomic E-state index is 0.0557. The molecule has 15 heavy (non-hydrogen) atoms. The van der Waals surface area contributed by atoms with Crippen molar-refractivity contribution >= 4 is 6.09 Å². The van der Waals surface area contributed by atoms with E-state index < -0.39 is 11.7 Å². The quantitative estimate of drug-likeness (QED) is 0.757. The van der Waals surface area contributed by atoms with Gasteiger partial charge in [0.05, 0.1) is 0 Å². The highest BCUT2D eigenvalue weighted by atomic mass is 16.6. The molecule has 4 nitrogen and oxygen atoms in total.